The minimum absolute atomic E-state index is 0. The molecular formula is C14H28ClN3O3S. The summed E-state index contributed by atoms with van der Waals surface area (Å²) >= 11 is 0. The van der Waals surface area contributed by atoms with Crippen molar-refractivity contribution in [1.29, 1.82) is 0 Å². The number of amides is 1. The van der Waals surface area contributed by atoms with Gasteiger partial charge in [0.25, 0.3) is 0 Å². The van der Waals surface area contributed by atoms with Gasteiger partial charge in [-0.1, -0.05) is 0 Å². The maximum atomic E-state index is 12.5. The molecule has 0 aromatic heterocycles. The van der Waals surface area contributed by atoms with Crippen molar-refractivity contribution in [2.45, 2.75) is 38.8 Å². The Balaban J connectivity index is 0.00000242. The molecule has 0 saturated carbocycles. The maximum absolute atomic E-state index is 12.5. The fourth-order valence-corrected chi connectivity index (χ4v) is 5.11. The van der Waals surface area contributed by atoms with Gasteiger partial charge in [-0.25, -0.2) is 8.42 Å². The highest BCUT2D eigenvalue weighted by Crippen LogP contribution is 2.21. The van der Waals surface area contributed by atoms with Crippen LogP contribution in [0.5, 0.6) is 0 Å². The van der Waals surface area contributed by atoms with Gasteiger partial charge in [0.2, 0.25) is 5.91 Å². The van der Waals surface area contributed by atoms with E-state index in [1.807, 2.05) is 13.8 Å². The summed E-state index contributed by atoms with van der Waals surface area (Å²) in [5.74, 6) is 0.831. The van der Waals surface area contributed by atoms with Crippen LogP contribution >= 0.6 is 12.4 Å². The summed E-state index contributed by atoms with van der Waals surface area (Å²) < 4.78 is 23.2. The molecule has 2 fully saturated rings. The molecule has 0 spiro atoms. The molecular weight excluding hydrogens is 326 g/mol. The van der Waals surface area contributed by atoms with Gasteiger partial charge in [0, 0.05) is 25.2 Å². The number of halogens is 1. The number of nitrogens with zero attached hydrogens (tertiary/aromatic N) is 2. The van der Waals surface area contributed by atoms with Crippen LogP contribution in [0, 0.1) is 5.92 Å². The van der Waals surface area contributed by atoms with Crippen molar-refractivity contribution in [2.24, 2.45) is 11.7 Å². The highest BCUT2D eigenvalue weighted by Gasteiger charge is 2.35. The molecule has 6 nitrogen and oxygen atoms in total. The minimum Gasteiger partial charge on any atom is -0.338 e. The molecule has 0 aliphatic carbocycles. The first-order valence-electron chi connectivity index (χ1n) is 7.80. The van der Waals surface area contributed by atoms with Gasteiger partial charge in [0.1, 0.15) is 0 Å². The summed E-state index contributed by atoms with van der Waals surface area (Å²) in [5.41, 5.74) is 5.92. The highest BCUT2D eigenvalue weighted by molar-refractivity contribution is 7.91. The molecule has 3 unspecified atom stereocenters. The highest BCUT2D eigenvalue weighted by atomic mass is 35.5. The number of likely N-dealkylation sites (tertiary alicyclic amines) is 1. The molecule has 3 atom stereocenters. The smallest absolute Gasteiger partial charge is 0.237 e. The number of hydrogen-bond donors (Lipinski definition) is 1. The Hall–Kier alpha value is -0.370. The Morgan fingerprint density at radius 3 is 2.55 bits per heavy atom. The van der Waals surface area contributed by atoms with Crippen molar-refractivity contribution in [2.75, 3.05) is 37.7 Å². The van der Waals surface area contributed by atoms with E-state index in [4.69, 9.17) is 5.73 Å². The van der Waals surface area contributed by atoms with Crippen LogP contribution in [0.4, 0.5) is 0 Å². The van der Waals surface area contributed by atoms with E-state index >= 15 is 0 Å². The molecule has 2 saturated heterocycles. The summed E-state index contributed by atoms with van der Waals surface area (Å²) in [6.45, 7) is 6.65. The fourth-order valence-electron chi connectivity index (χ4n) is 3.38. The van der Waals surface area contributed by atoms with E-state index in [9.17, 15) is 13.2 Å². The summed E-state index contributed by atoms with van der Waals surface area (Å²) in [6.07, 6.45) is 1.61. The second-order valence-electron chi connectivity index (χ2n) is 6.38. The van der Waals surface area contributed by atoms with Crippen molar-refractivity contribution < 1.29 is 13.2 Å². The lowest BCUT2D eigenvalue weighted by Crippen LogP contribution is -2.46. The number of likely N-dealkylation sites (N-methyl/N-ethyl adjacent to an activating group) is 1. The third kappa shape index (κ3) is 4.81. The molecule has 1 amide bonds. The number of sulfone groups is 1. The van der Waals surface area contributed by atoms with Crippen LogP contribution in [0.2, 0.25) is 0 Å². The molecule has 8 heteroatoms. The average molecular weight is 354 g/mol. The first-order valence-corrected chi connectivity index (χ1v) is 9.62. The molecule has 0 radical (unpaired) electrons. The van der Waals surface area contributed by atoms with Crippen LogP contribution < -0.4 is 5.73 Å². The van der Waals surface area contributed by atoms with E-state index < -0.39 is 9.84 Å². The number of rotatable bonds is 5. The van der Waals surface area contributed by atoms with E-state index in [1.54, 1.807) is 4.90 Å². The largest absolute Gasteiger partial charge is 0.338 e. The Morgan fingerprint density at radius 2 is 2.09 bits per heavy atom. The molecule has 2 heterocycles. The van der Waals surface area contributed by atoms with Gasteiger partial charge in [-0.3, -0.25) is 9.69 Å². The van der Waals surface area contributed by atoms with Crippen molar-refractivity contribution in [1.82, 2.24) is 9.80 Å². The fraction of sp³-hybridized carbons (Fsp3) is 0.929. The number of hydrogen-bond acceptors (Lipinski definition) is 5. The number of carbonyl (C=O) groups excluding carboxylic acids is 1. The summed E-state index contributed by atoms with van der Waals surface area (Å²) in [6, 6.07) is 0.0201. The SMILES string of the molecule is CCN(C(=O)CN1CCC(C(C)N)C1)C1CCS(=O)(=O)C1.Cl. The molecule has 130 valence electrons. The summed E-state index contributed by atoms with van der Waals surface area (Å²) in [4.78, 5) is 16.3. The van der Waals surface area contributed by atoms with Crippen LogP contribution in [-0.4, -0.2) is 73.9 Å². The summed E-state index contributed by atoms with van der Waals surface area (Å²) in [7, 11) is -2.96. The normalized spacial score (nSPS) is 29.0. The van der Waals surface area contributed by atoms with Gasteiger partial charge >= 0.3 is 0 Å². The zero-order valence-electron chi connectivity index (χ0n) is 13.4. The van der Waals surface area contributed by atoms with E-state index in [2.05, 4.69) is 4.90 Å². The van der Waals surface area contributed by atoms with Gasteiger partial charge in [-0.15, -0.1) is 12.4 Å². The van der Waals surface area contributed by atoms with Crippen molar-refractivity contribution in [3.8, 4) is 0 Å². The molecule has 2 aliphatic rings. The maximum Gasteiger partial charge on any atom is 0.237 e. The second-order valence-corrected chi connectivity index (χ2v) is 8.61. The topological polar surface area (TPSA) is 83.7 Å². The minimum atomic E-state index is -2.96. The Labute approximate surface area is 139 Å². The number of carbonyl (C=O) groups is 1. The van der Waals surface area contributed by atoms with Gasteiger partial charge in [0.05, 0.1) is 18.1 Å². The predicted octanol–water partition coefficient (Wildman–Crippen LogP) is 0.113. The van der Waals surface area contributed by atoms with Crippen LogP contribution in [0.3, 0.4) is 0 Å². The van der Waals surface area contributed by atoms with Crippen molar-refractivity contribution >= 4 is 28.2 Å². The van der Waals surface area contributed by atoms with Gasteiger partial charge in [-0.2, -0.15) is 0 Å². The van der Waals surface area contributed by atoms with E-state index in [0.717, 1.165) is 19.5 Å². The van der Waals surface area contributed by atoms with Gasteiger partial charge < -0.3 is 10.6 Å². The molecule has 0 bridgehead atoms. The Morgan fingerprint density at radius 1 is 1.41 bits per heavy atom. The Bertz CT molecular complexity index is 484. The molecule has 2 aliphatic heterocycles. The molecule has 2 rings (SSSR count). The van der Waals surface area contributed by atoms with Crippen LogP contribution in [-0.2, 0) is 14.6 Å². The third-order valence-corrected chi connectivity index (χ3v) is 6.47. The van der Waals surface area contributed by atoms with Crippen molar-refractivity contribution in [3.63, 3.8) is 0 Å². The van der Waals surface area contributed by atoms with Crippen LogP contribution in [0.1, 0.15) is 26.7 Å². The van der Waals surface area contributed by atoms with E-state index in [1.165, 1.54) is 0 Å². The molecule has 2 N–H and O–H groups in total. The molecule has 22 heavy (non-hydrogen) atoms. The zero-order valence-corrected chi connectivity index (χ0v) is 15.0. The van der Waals surface area contributed by atoms with E-state index in [-0.39, 0.29) is 41.9 Å². The monoisotopic (exact) mass is 353 g/mol. The number of nitrogens with two attached hydrogens (primary N) is 1. The lowest BCUT2D eigenvalue weighted by atomic mass is 10.0. The average Bonchev–Trinajstić information content (AvgIpc) is 2.97. The van der Waals surface area contributed by atoms with Crippen LogP contribution in [0.25, 0.3) is 0 Å². The summed E-state index contributed by atoms with van der Waals surface area (Å²) in [5, 5.41) is 0. The lowest BCUT2D eigenvalue weighted by molar-refractivity contribution is -0.133. The first kappa shape index (κ1) is 19.7. The van der Waals surface area contributed by atoms with Gasteiger partial charge in [0.15, 0.2) is 9.84 Å². The standard InChI is InChI=1S/C14H27N3O3S.ClH/c1-3-17(13-5-7-21(19,20)10-13)14(18)9-16-6-4-12(8-16)11(2)15;/h11-13H,3-10,15H2,1-2H3;1H. The van der Waals surface area contributed by atoms with Crippen LogP contribution in [0.15, 0.2) is 0 Å². The Kier molecular flexibility index (Phi) is 7.11. The molecule has 0 aromatic carbocycles. The lowest BCUT2D eigenvalue weighted by Gasteiger charge is -2.29. The van der Waals surface area contributed by atoms with E-state index in [0.29, 0.717) is 25.4 Å². The first-order chi connectivity index (χ1) is 9.82. The third-order valence-electron chi connectivity index (χ3n) is 4.72. The predicted molar refractivity (Wildman–Crippen MR) is 89.9 cm³/mol. The second kappa shape index (κ2) is 7.95. The quantitative estimate of drug-likeness (QED) is 0.758. The van der Waals surface area contributed by atoms with Crippen molar-refractivity contribution in [3.05, 3.63) is 0 Å². The zero-order chi connectivity index (χ0) is 15.6. The van der Waals surface area contributed by atoms with Gasteiger partial charge in [-0.05, 0) is 39.2 Å². The molecule has 0 aromatic rings.